The molecule has 0 amide bonds. The lowest BCUT2D eigenvalue weighted by atomic mass is 9.92. The molecule has 1 aliphatic rings. The molecule has 0 saturated carbocycles. The molecule has 2 rings (SSSR count). The Hall–Kier alpha value is -1.06. The van der Waals surface area contributed by atoms with Gasteiger partial charge in [0.05, 0.1) is 0 Å². The molecule has 0 aromatic heterocycles. The van der Waals surface area contributed by atoms with Crippen molar-refractivity contribution in [2.24, 2.45) is 0 Å². The Morgan fingerprint density at radius 2 is 1.57 bits per heavy atom. The molecule has 0 radical (unpaired) electrons. The molecule has 1 aromatic rings. The summed E-state index contributed by atoms with van der Waals surface area (Å²) >= 11 is 0. The van der Waals surface area contributed by atoms with Gasteiger partial charge in [-0.3, -0.25) is 4.90 Å². The smallest absolute Gasteiger partial charge is 0.120 e. The number of nitrogens with one attached hydrogen (secondary N) is 1. The van der Waals surface area contributed by atoms with Crippen molar-refractivity contribution in [3.63, 3.8) is 0 Å². The first kappa shape index (κ1) is 16.3. The summed E-state index contributed by atoms with van der Waals surface area (Å²) in [6.07, 6.45) is 1.07. The van der Waals surface area contributed by atoms with Crippen molar-refractivity contribution in [2.75, 3.05) is 26.2 Å². The summed E-state index contributed by atoms with van der Waals surface area (Å²) in [5.41, 5.74) is 1.44. The largest absolute Gasteiger partial charge is 0.488 e. The Kier molecular flexibility index (Phi) is 4.95. The molecule has 0 aliphatic carbocycles. The van der Waals surface area contributed by atoms with E-state index in [1.165, 1.54) is 5.56 Å². The van der Waals surface area contributed by atoms with Gasteiger partial charge in [0.25, 0.3) is 0 Å². The second-order valence-electron chi connectivity index (χ2n) is 7.58. The zero-order chi connectivity index (χ0) is 15.5. The van der Waals surface area contributed by atoms with Crippen LogP contribution in [0.25, 0.3) is 0 Å². The highest BCUT2D eigenvalue weighted by molar-refractivity contribution is 5.28. The molecule has 1 fully saturated rings. The van der Waals surface area contributed by atoms with Gasteiger partial charge in [0, 0.05) is 31.7 Å². The Morgan fingerprint density at radius 1 is 1.00 bits per heavy atom. The molecule has 1 aromatic carbocycles. The third-order valence-electron chi connectivity index (χ3n) is 3.96. The van der Waals surface area contributed by atoms with E-state index in [0.29, 0.717) is 0 Å². The van der Waals surface area contributed by atoms with Gasteiger partial charge in [-0.2, -0.15) is 0 Å². The first-order chi connectivity index (χ1) is 9.76. The van der Waals surface area contributed by atoms with E-state index >= 15 is 0 Å². The number of piperazine rings is 1. The van der Waals surface area contributed by atoms with Gasteiger partial charge in [-0.05, 0) is 58.7 Å². The van der Waals surface area contributed by atoms with Crippen molar-refractivity contribution < 1.29 is 4.74 Å². The Balaban J connectivity index is 1.98. The second-order valence-corrected chi connectivity index (χ2v) is 7.58. The quantitative estimate of drug-likeness (QED) is 0.922. The fourth-order valence-corrected chi connectivity index (χ4v) is 2.91. The fraction of sp³-hybridized carbons (Fsp3) is 0.667. The maximum absolute atomic E-state index is 5.88. The lowest BCUT2D eigenvalue weighted by Gasteiger charge is -2.41. The molecule has 0 bridgehead atoms. The van der Waals surface area contributed by atoms with Crippen molar-refractivity contribution in [1.82, 2.24) is 10.2 Å². The van der Waals surface area contributed by atoms with Gasteiger partial charge in [-0.25, -0.2) is 0 Å². The molecule has 1 aliphatic heterocycles. The third kappa shape index (κ3) is 5.01. The lowest BCUT2D eigenvalue weighted by molar-refractivity contribution is 0.103. The molecule has 118 valence electrons. The van der Waals surface area contributed by atoms with Crippen LogP contribution in [0.5, 0.6) is 5.75 Å². The topological polar surface area (TPSA) is 24.5 Å². The minimum absolute atomic E-state index is 0.137. The minimum atomic E-state index is -0.137. The van der Waals surface area contributed by atoms with Crippen LogP contribution in [-0.4, -0.2) is 42.2 Å². The lowest BCUT2D eigenvalue weighted by Crippen LogP contribution is -2.54. The number of hydrogen-bond donors (Lipinski definition) is 1. The predicted octanol–water partition coefficient (Wildman–Crippen LogP) is 3.09. The summed E-state index contributed by atoms with van der Waals surface area (Å²) < 4.78 is 5.88. The number of benzene rings is 1. The highest BCUT2D eigenvalue weighted by atomic mass is 16.5. The summed E-state index contributed by atoms with van der Waals surface area (Å²) in [5, 5.41) is 3.42. The highest BCUT2D eigenvalue weighted by Gasteiger charge is 2.27. The van der Waals surface area contributed by atoms with E-state index in [1.807, 2.05) is 0 Å². The average Bonchev–Trinajstić information content (AvgIpc) is 2.40. The van der Waals surface area contributed by atoms with Crippen molar-refractivity contribution in [3.05, 3.63) is 29.8 Å². The van der Waals surface area contributed by atoms with Crippen LogP contribution in [0, 0.1) is 0 Å². The molecule has 1 heterocycles. The van der Waals surface area contributed by atoms with Crippen LogP contribution < -0.4 is 10.1 Å². The second kappa shape index (κ2) is 6.37. The van der Waals surface area contributed by atoms with Crippen LogP contribution >= 0.6 is 0 Å². The first-order valence-electron chi connectivity index (χ1n) is 8.00. The SMILES string of the molecule is CC(C)(C)Oc1ccc(CC(C)(C)N2CCNCC2)cc1. The summed E-state index contributed by atoms with van der Waals surface area (Å²) in [7, 11) is 0. The van der Waals surface area contributed by atoms with Crippen LogP contribution in [0.1, 0.15) is 40.2 Å². The van der Waals surface area contributed by atoms with Crippen LogP contribution in [0.4, 0.5) is 0 Å². The maximum Gasteiger partial charge on any atom is 0.120 e. The normalized spacial score (nSPS) is 17.8. The van der Waals surface area contributed by atoms with E-state index in [1.54, 1.807) is 0 Å². The average molecular weight is 290 g/mol. The molecule has 0 atom stereocenters. The van der Waals surface area contributed by atoms with Crippen molar-refractivity contribution in [1.29, 1.82) is 0 Å². The highest BCUT2D eigenvalue weighted by Crippen LogP contribution is 2.24. The molecule has 21 heavy (non-hydrogen) atoms. The summed E-state index contributed by atoms with van der Waals surface area (Å²) in [4.78, 5) is 2.59. The van der Waals surface area contributed by atoms with Gasteiger partial charge in [-0.1, -0.05) is 12.1 Å². The number of ether oxygens (including phenoxy) is 1. The van der Waals surface area contributed by atoms with Crippen molar-refractivity contribution in [3.8, 4) is 5.75 Å². The fourth-order valence-electron chi connectivity index (χ4n) is 2.91. The molecule has 3 heteroatoms. The number of rotatable bonds is 4. The van der Waals surface area contributed by atoms with Crippen LogP contribution in [-0.2, 0) is 6.42 Å². The third-order valence-corrected chi connectivity index (χ3v) is 3.96. The van der Waals surface area contributed by atoms with Gasteiger partial charge in [0.2, 0.25) is 0 Å². The van der Waals surface area contributed by atoms with Crippen LogP contribution in [0.15, 0.2) is 24.3 Å². The molecular formula is C18H30N2O. The van der Waals surface area contributed by atoms with Crippen molar-refractivity contribution >= 4 is 0 Å². The summed E-state index contributed by atoms with van der Waals surface area (Å²) in [6, 6.07) is 8.58. The molecule has 0 unspecified atom stereocenters. The van der Waals surface area contributed by atoms with Crippen LogP contribution in [0.2, 0.25) is 0 Å². The van der Waals surface area contributed by atoms with Gasteiger partial charge >= 0.3 is 0 Å². The zero-order valence-corrected chi connectivity index (χ0v) is 14.2. The minimum Gasteiger partial charge on any atom is -0.488 e. The predicted molar refractivity (Wildman–Crippen MR) is 89.0 cm³/mol. The molecular weight excluding hydrogens is 260 g/mol. The molecule has 1 saturated heterocycles. The summed E-state index contributed by atoms with van der Waals surface area (Å²) in [6.45, 7) is 15.4. The molecule has 0 spiro atoms. The van der Waals surface area contributed by atoms with Crippen LogP contribution in [0.3, 0.4) is 0 Å². The van der Waals surface area contributed by atoms with E-state index in [0.717, 1.165) is 38.3 Å². The zero-order valence-electron chi connectivity index (χ0n) is 14.2. The van der Waals surface area contributed by atoms with Gasteiger partial charge in [0.1, 0.15) is 11.4 Å². The first-order valence-corrected chi connectivity index (χ1v) is 8.00. The molecule has 3 nitrogen and oxygen atoms in total. The van der Waals surface area contributed by atoms with Crippen molar-refractivity contribution in [2.45, 2.75) is 52.2 Å². The van der Waals surface area contributed by atoms with Gasteiger partial charge in [0.15, 0.2) is 0 Å². The van der Waals surface area contributed by atoms with Gasteiger partial charge < -0.3 is 10.1 Å². The maximum atomic E-state index is 5.88. The van der Waals surface area contributed by atoms with E-state index < -0.39 is 0 Å². The van der Waals surface area contributed by atoms with E-state index in [4.69, 9.17) is 4.74 Å². The number of hydrogen-bond acceptors (Lipinski definition) is 3. The monoisotopic (exact) mass is 290 g/mol. The Morgan fingerprint density at radius 3 is 2.10 bits per heavy atom. The van der Waals surface area contributed by atoms with Gasteiger partial charge in [-0.15, -0.1) is 0 Å². The number of nitrogens with zero attached hydrogens (tertiary/aromatic N) is 1. The Bertz CT molecular complexity index is 439. The standard InChI is InChI=1S/C18H30N2O/c1-17(2,3)21-16-8-6-15(7-9-16)14-18(4,5)20-12-10-19-11-13-20/h6-9,19H,10-14H2,1-5H3. The summed E-state index contributed by atoms with van der Waals surface area (Å²) in [5.74, 6) is 0.950. The van der Waals surface area contributed by atoms with E-state index in [9.17, 15) is 0 Å². The molecule has 1 N–H and O–H groups in total. The Labute approximate surface area is 129 Å². The van der Waals surface area contributed by atoms with E-state index in [-0.39, 0.29) is 11.1 Å². The van der Waals surface area contributed by atoms with E-state index in [2.05, 4.69) is 69.1 Å².